The third-order valence-corrected chi connectivity index (χ3v) is 3.43. The van der Waals surface area contributed by atoms with Crippen LogP contribution >= 0.6 is 12.2 Å². The first-order chi connectivity index (χ1) is 10.1. The number of rotatable bonds is 4. The van der Waals surface area contributed by atoms with Crippen molar-refractivity contribution in [3.05, 3.63) is 59.9 Å². The summed E-state index contributed by atoms with van der Waals surface area (Å²) in [6, 6.07) is 13.9. The zero-order valence-electron chi connectivity index (χ0n) is 12.0. The first-order valence-electron chi connectivity index (χ1n) is 6.49. The van der Waals surface area contributed by atoms with Gasteiger partial charge in [0.2, 0.25) is 0 Å². The maximum atomic E-state index is 12.9. The van der Waals surface area contributed by atoms with E-state index < -0.39 is 0 Å². The molecule has 1 N–H and O–H groups in total. The van der Waals surface area contributed by atoms with Gasteiger partial charge in [-0.3, -0.25) is 0 Å². The van der Waals surface area contributed by atoms with Gasteiger partial charge < -0.3 is 15.0 Å². The largest absolute Gasteiger partial charge is 0.497 e. The van der Waals surface area contributed by atoms with E-state index >= 15 is 0 Å². The van der Waals surface area contributed by atoms with Gasteiger partial charge in [0.15, 0.2) is 5.11 Å². The zero-order valence-corrected chi connectivity index (χ0v) is 12.8. The van der Waals surface area contributed by atoms with Crippen LogP contribution < -0.4 is 10.1 Å². The topological polar surface area (TPSA) is 24.5 Å². The lowest BCUT2D eigenvalue weighted by molar-refractivity contribution is 0.414. The minimum absolute atomic E-state index is 0.266. The Morgan fingerprint density at radius 1 is 1.14 bits per heavy atom. The Morgan fingerprint density at radius 3 is 2.33 bits per heavy atom. The number of ether oxygens (including phenoxy) is 1. The van der Waals surface area contributed by atoms with Gasteiger partial charge in [-0.25, -0.2) is 4.39 Å². The van der Waals surface area contributed by atoms with E-state index in [1.165, 1.54) is 12.1 Å². The highest BCUT2D eigenvalue weighted by Crippen LogP contribution is 2.14. The van der Waals surface area contributed by atoms with Crippen LogP contribution in [0.4, 0.5) is 10.1 Å². The van der Waals surface area contributed by atoms with Crippen LogP contribution in [-0.2, 0) is 6.54 Å². The average molecular weight is 304 g/mol. The summed E-state index contributed by atoms with van der Waals surface area (Å²) in [7, 11) is 3.55. The van der Waals surface area contributed by atoms with Crippen molar-refractivity contribution in [2.75, 3.05) is 19.5 Å². The predicted octanol–water partition coefficient (Wildman–Crippen LogP) is 3.66. The Morgan fingerprint density at radius 2 is 1.76 bits per heavy atom. The van der Waals surface area contributed by atoms with Gasteiger partial charge in [0.25, 0.3) is 0 Å². The predicted molar refractivity (Wildman–Crippen MR) is 87.1 cm³/mol. The number of benzene rings is 2. The Bertz CT molecular complexity index is 599. The molecule has 0 amide bonds. The van der Waals surface area contributed by atoms with Crippen LogP contribution in [0, 0.1) is 5.82 Å². The standard InChI is InChI=1S/C16H17FN2OS/c1-19(11-12-3-9-15(20-2)10-4-12)16(21)18-14-7-5-13(17)6-8-14/h3-10H,11H2,1-2H3,(H,18,21). The second kappa shape index (κ2) is 7.04. The lowest BCUT2D eigenvalue weighted by atomic mass is 10.2. The van der Waals surface area contributed by atoms with Gasteiger partial charge in [-0.15, -0.1) is 0 Å². The smallest absolute Gasteiger partial charge is 0.173 e. The van der Waals surface area contributed by atoms with Gasteiger partial charge in [0.1, 0.15) is 11.6 Å². The van der Waals surface area contributed by atoms with E-state index in [2.05, 4.69) is 5.32 Å². The van der Waals surface area contributed by atoms with Crippen molar-refractivity contribution >= 4 is 23.0 Å². The van der Waals surface area contributed by atoms with Crippen LogP contribution in [-0.4, -0.2) is 24.2 Å². The molecule has 3 nitrogen and oxygen atoms in total. The SMILES string of the molecule is COc1ccc(CN(C)C(=S)Nc2ccc(F)cc2)cc1. The maximum Gasteiger partial charge on any atom is 0.173 e. The Labute approximate surface area is 129 Å². The second-order valence-corrected chi connectivity index (χ2v) is 5.03. The summed E-state index contributed by atoms with van der Waals surface area (Å²) in [5, 5.41) is 3.66. The van der Waals surface area contributed by atoms with E-state index in [-0.39, 0.29) is 5.82 Å². The summed E-state index contributed by atoms with van der Waals surface area (Å²) < 4.78 is 18.0. The molecule has 0 aliphatic carbocycles. The summed E-state index contributed by atoms with van der Waals surface area (Å²) in [5.41, 5.74) is 1.89. The average Bonchev–Trinajstić information content (AvgIpc) is 2.50. The fourth-order valence-electron chi connectivity index (χ4n) is 1.83. The number of methoxy groups -OCH3 is 1. The molecule has 0 aliphatic rings. The van der Waals surface area contributed by atoms with Crippen molar-refractivity contribution in [3.8, 4) is 5.75 Å². The first kappa shape index (κ1) is 15.3. The summed E-state index contributed by atoms with van der Waals surface area (Å²) in [4.78, 5) is 1.92. The van der Waals surface area contributed by atoms with E-state index in [1.54, 1.807) is 19.2 Å². The lowest BCUT2D eigenvalue weighted by Crippen LogP contribution is -2.30. The highest BCUT2D eigenvalue weighted by Gasteiger charge is 2.06. The molecule has 0 unspecified atom stereocenters. The molecule has 0 bridgehead atoms. The molecule has 0 saturated carbocycles. The maximum absolute atomic E-state index is 12.9. The van der Waals surface area contributed by atoms with Crippen LogP contribution in [0.1, 0.15) is 5.56 Å². The van der Waals surface area contributed by atoms with Gasteiger partial charge >= 0.3 is 0 Å². The minimum Gasteiger partial charge on any atom is -0.497 e. The van der Waals surface area contributed by atoms with Gasteiger partial charge in [-0.2, -0.15) is 0 Å². The third kappa shape index (κ3) is 4.43. The molecule has 0 aliphatic heterocycles. The van der Waals surface area contributed by atoms with Crippen molar-refractivity contribution in [2.24, 2.45) is 0 Å². The normalized spacial score (nSPS) is 10.0. The van der Waals surface area contributed by atoms with Crippen LogP contribution in [0.2, 0.25) is 0 Å². The fourth-order valence-corrected chi connectivity index (χ4v) is 2.01. The highest BCUT2D eigenvalue weighted by molar-refractivity contribution is 7.80. The summed E-state index contributed by atoms with van der Waals surface area (Å²) in [5.74, 6) is 0.562. The van der Waals surface area contributed by atoms with Crippen LogP contribution in [0.3, 0.4) is 0 Å². The number of nitrogens with one attached hydrogen (secondary N) is 1. The molecule has 2 aromatic rings. The molecule has 0 radical (unpaired) electrons. The first-order valence-corrected chi connectivity index (χ1v) is 6.90. The molecule has 21 heavy (non-hydrogen) atoms. The number of thiocarbonyl (C=S) groups is 1. The molecule has 110 valence electrons. The van der Waals surface area contributed by atoms with Crippen LogP contribution in [0.5, 0.6) is 5.75 Å². The molecule has 0 saturated heterocycles. The van der Waals surface area contributed by atoms with Gasteiger partial charge in [-0.05, 0) is 54.2 Å². The molecule has 0 fully saturated rings. The Hall–Kier alpha value is -2.14. The molecule has 0 heterocycles. The molecule has 2 rings (SSSR count). The summed E-state index contributed by atoms with van der Waals surface area (Å²) >= 11 is 5.34. The quantitative estimate of drug-likeness (QED) is 0.871. The third-order valence-electron chi connectivity index (χ3n) is 3.02. The van der Waals surface area contributed by atoms with Crippen LogP contribution in [0.15, 0.2) is 48.5 Å². The number of nitrogens with zero attached hydrogens (tertiary/aromatic N) is 1. The van der Waals surface area contributed by atoms with Gasteiger partial charge in [0.05, 0.1) is 7.11 Å². The van der Waals surface area contributed by atoms with Crippen LogP contribution in [0.25, 0.3) is 0 Å². The molecule has 2 aromatic carbocycles. The summed E-state index contributed by atoms with van der Waals surface area (Å²) in [6.45, 7) is 0.678. The molecule has 0 atom stereocenters. The van der Waals surface area contributed by atoms with E-state index in [0.717, 1.165) is 17.0 Å². The number of hydrogen-bond acceptors (Lipinski definition) is 2. The Kier molecular flexibility index (Phi) is 5.11. The van der Waals surface area contributed by atoms with E-state index in [9.17, 15) is 4.39 Å². The minimum atomic E-state index is -0.266. The zero-order chi connectivity index (χ0) is 15.2. The summed E-state index contributed by atoms with van der Waals surface area (Å²) in [6.07, 6.45) is 0. The molecular weight excluding hydrogens is 287 g/mol. The van der Waals surface area contributed by atoms with Crippen molar-refractivity contribution in [3.63, 3.8) is 0 Å². The van der Waals surface area contributed by atoms with Gasteiger partial charge in [0, 0.05) is 19.3 Å². The Balaban J connectivity index is 1.93. The van der Waals surface area contributed by atoms with E-state index in [0.29, 0.717) is 11.7 Å². The van der Waals surface area contributed by atoms with Gasteiger partial charge in [-0.1, -0.05) is 12.1 Å². The number of anilines is 1. The lowest BCUT2D eigenvalue weighted by Gasteiger charge is -2.21. The second-order valence-electron chi connectivity index (χ2n) is 4.64. The highest BCUT2D eigenvalue weighted by atomic mass is 32.1. The monoisotopic (exact) mass is 304 g/mol. The molecular formula is C16H17FN2OS. The number of hydrogen-bond donors (Lipinski definition) is 1. The van der Waals surface area contributed by atoms with E-state index in [1.807, 2.05) is 36.2 Å². The van der Waals surface area contributed by atoms with Crippen molar-refractivity contribution < 1.29 is 9.13 Å². The fraction of sp³-hybridized carbons (Fsp3) is 0.188. The van der Waals surface area contributed by atoms with Crippen molar-refractivity contribution in [2.45, 2.75) is 6.54 Å². The molecule has 0 spiro atoms. The van der Waals surface area contributed by atoms with Crippen molar-refractivity contribution in [1.29, 1.82) is 0 Å². The number of halogens is 1. The van der Waals surface area contributed by atoms with Crippen molar-refractivity contribution in [1.82, 2.24) is 4.90 Å². The molecule has 0 aromatic heterocycles. The van der Waals surface area contributed by atoms with E-state index in [4.69, 9.17) is 17.0 Å². The molecule has 5 heteroatoms.